The Morgan fingerprint density at radius 1 is 1.04 bits per heavy atom. The number of likely N-dealkylation sites (tertiary alicyclic amines) is 1. The second kappa shape index (κ2) is 8.57. The Balaban J connectivity index is 1.25. The summed E-state index contributed by atoms with van der Waals surface area (Å²) in [7, 11) is 0. The van der Waals surface area contributed by atoms with Crippen LogP contribution >= 0.6 is 0 Å². The highest BCUT2D eigenvalue weighted by Crippen LogP contribution is 2.21. The van der Waals surface area contributed by atoms with E-state index in [1.54, 1.807) is 42.0 Å². The van der Waals surface area contributed by atoms with E-state index in [0.29, 0.717) is 26.1 Å². The van der Waals surface area contributed by atoms with E-state index in [-0.39, 0.29) is 11.8 Å². The van der Waals surface area contributed by atoms with Gasteiger partial charge in [-0.3, -0.25) is 19.7 Å². The fourth-order valence-electron chi connectivity index (χ4n) is 3.81. The molecule has 2 fully saturated rings. The van der Waals surface area contributed by atoms with Crippen molar-refractivity contribution in [1.29, 1.82) is 0 Å². The van der Waals surface area contributed by atoms with E-state index in [4.69, 9.17) is 0 Å². The van der Waals surface area contributed by atoms with Crippen LogP contribution in [0.25, 0.3) is 0 Å². The maximum atomic E-state index is 12.7. The predicted molar refractivity (Wildman–Crippen MR) is 102 cm³/mol. The molecule has 0 bridgehead atoms. The Hall–Kier alpha value is -2.65. The quantitative estimate of drug-likeness (QED) is 0.734. The third-order valence-electron chi connectivity index (χ3n) is 5.41. The summed E-state index contributed by atoms with van der Waals surface area (Å²) in [5, 5.41) is 10.4. The number of aliphatic hydroxyl groups is 1. The van der Waals surface area contributed by atoms with E-state index in [9.17, 15) is 9.90 Å². The van der Waals surface area contributed by atoms with Gasteiger partial charge < -0.3 is 14.9 Å². The summed E-state index contributed by atoms with van der Waals surface area (Å²) in [6.45, 7) is 4.53. The number of aliphatic hydroxyl groups excluding tert-OH is 1. The lowest BCUT2D eigenvalue weighted by Gasteiger charge is -2.34. The maximum absolute atomic E-state index is 12.7. The highest BCUT2D eigenvalue weighted by Gasteiger charge is 2.35. The van der Waals surface area contributed by atoms with Gasteiger partial charge in [0.05, 0.1) is 18.3 Å². The molecule has 1 amide bonds. The van der Waals surface area contributed by atoms with E-state index in [1.807, 2.05) is 0 Å². The van der Waals surface area contributed by atoms with Gasteiger partial charge in [0.15, 0.2) is 0 Å². The van der Waals surface area contributed by atoms with Crippen molar-refractivity contribution in [1.82, 2.24) is 29.7 Å². The predicted octanol–water partition coefficient (Wildman–Crippen LogP) is -0.549. The topological polar surface area (TPSA) is 98.6 Å². The molecule has 0 unspecified atom stereocenters. The zero-order valence-corrected chi connectivity index (χ0v) is 15.8. The van der Waals surface area contributed by atoms with E-state index in [1.165, 1.54) is 0 Å². The summed E-state index contributed by atoms with van der Waals surface area (Å²) in [6.07, 6.45) is 8.61. The van der Waals surface area contributed by atoms with Crippen LogP contribution in [0, 0.1) is 5.92 Å². The van der Waals surface area contributed by atoms with Gasteiger partial charge in [0, 0.05) is 76.2 Å². The molecular formula is C19H25N7O2. The van der Waals surface area contributed by atoms with Gasteiger partial charge >= 0.3 is 0 Å². The molecule has 0 radical (unpaired) electrons. The summed E-state index contributed by atoms with van der Waals surface area (Å²) in [5.41, 5.74) is 0.847. The van der Waals surface area contributed by atoms with Crippen LogP contribution in [0.4, 0.5) is 5.95 Å². The summed E-state index contributed by atoms with van der Waals surface area (Å²) in [5.74, 6) is 0.820. The molecule has 148 valence electrons. The van der Waals surface area contributed by atoms with Gasteiger partial charge in [-0.25, -0.2) is 9.97 Å². The molecule has 9 nitrogen and oxygen atoms in total. The van der Waals surface area contributed by atoms with Crippen molar-refractivity contribution in [2.75, 3.05) is 50.7 Å². The molecule has 2 aromatic rings. The molecule has 4 rings (SSSR count). The third-order valence-corrected chi connectivity index (χ3v) is 5.41. The van der Waals surface area contributed by atoms with Crippen LogP contribution in [0.2, 0.25) is 0 Å². The average molecular weight is 383 g/mol. The monoisotopic (exact) mass is 383 g/mol. The van der Waals surface area contributed by atoms with Crippen molar-refractivity contribution in [2.24, 2.45) is 5.92 Å². The summed E-state index contributed by atoms with van der Waals surface area (Å²) < 4.78 is 0. The lowest BCUT2D eigenvalue weighted by atomic mass is 10.0. The number of anilines is 1. The number of hydrogen-bond acceptors (Lipinski definition) is 8. The van der Waals surface area contributed by atoms with E-state index >= 15 is 0 Å². The van der Waals surface area contributed by atoms with Gasteiger partial charge in [-0.05, 0) is 12.5 Å². The fourth-order valence-corrected chi connectivity index (χ4v) is 3.81. The molecular weight excluding hydrogens is 358 g/mol. The first-order valence-corrected chi connectivity index (χ1v) is 9.64. The van der Waals surface area contributed by atoms with Crippen LogP contribution in [0.15, 0.2) is 37.1 Å². The normalized spacial score (nSPS) is 23.2. The van der Waals surface area contributed by atoms with Gasteiger partial charge in [0.2, 0.25) is 11.9 Å². The molecule has 2 saturated heterocycles. The molecule has 2 aliphatic heterocycles. The molecule has 2 atom stereocenters. The van der Waals surface area contributed by atoms with E-state index in [2.05, 4.69) is 29.7 Å². The maximum Gasteiger partial charge on any atom is 0.236 e. The molecule has 0 saturated carbocycles. The summed E-state index contributed by atoms with van der Waals surface area (Å²) in [6, 6.07) is 1.81. The minimum atomic E-state index is -0.516. The van der Waals surface area contributed by atoms with Crippen molar-refractivity contribution in [3.63, 3.8) is 0 Å². The first-order valence-electron chi connectivity index (χ1n) is 9.64. The van der Waals surface area contributed by atoms with Crippen molar-refractivity contribution in [3.05, 3.63) is 42.7 Å². The first kappa shape index (κ1) is 18.7. The van der Waals surface area contributed by atoms with Crippen LogP contribution in [0.1, 0.15) is 5.69 Å². The number of carbonyl (C=O) groups excluding carboxylic acids is 1. The molecule has 0 aliphatic carbocycles. The highest BCUT2D eigenvalue weighted by atomic mass is 16.3. The van der Waals surface area contributed by atoms with Crippen molar-refractivity contribution in [3.8, 4) is 0 Å². The zero-order chi connectivity index (χ0) is 19.3. The molecule has 28 heavy (non-hydrogen) atoms. The summed E-state index contributed by atoms with van der Waals surface area (Å²) >= 11 is 0. The number of aromatic nitrogens is 4. The van der Waals surface area contributed by atoms with Gasteiger partial charge in [0.1, 0.15) is 0 Å². The number of piperazine rings is 1. The largest absolute Gasteiger partial charge is 0.391 e. The molecule has 0 spiro atoms. The van der Waals surface area contributed by atoms with Crippen LogP contribution in [0.5, 0.6) is 0 Å². The molecule has 0 aromatic carbocycles. The Morgan fingerprint density at radius 2 is 1.82 bits per heavy atom. The number of rotatable bonds is 5. The van der Waals surface area contributed by atoms with Crippen LogP contribution < -0.4 is 4.90 Å². The minimum absolute atomic E-state index is 0.00715. The highest BCUT2D eigenvalue weighted by molar-refractivity contribution is 5.78. The van der Waals surface area contributed by atoms with Crippen molar-refractivity contribution >= 4 is 11.9 Å². The lowest BCUT2D eigenvalue weighted by molar-refractivity contribution is -0.131. The van der Waals surface area contributed by atoms with Gasteiger partial charge in [0.25, 0.3) is 0 Å². The molecule has 1 N–H and O–H groups in total. The van der Waals surface area contributed by atoms with Crippen LogP contribution in [-0.2, 0) is 11.2 Å². The van der Waals surface area contributed by atoms with Crippen molar-refractivity contribution < 1.29 is 9.90 Å². The second-order valence-electron chi connectivity index (χ2n) is 7.34. The Labute approximate surface area is 164 Å². The number of hydrogen-bond donors (Lipinski definition) is 1. The Bertz CT molecular complexity index is 768. The third kappa shape index (κ3) is 4.42. The fraction of sp³-hybridized carbons (Fsp3) is 0.526. The van der Waals surface area contributed by atoms with Gasteiger partial charge in [-0.2, -0.15) is 0 Å². The van der Waals surface area contributed by atoms with Crippen LogP contribution in [-0.4, -0.2) is 92.7 Å². The number of carbonyl (C=O) groups is 1. The average Bonchev–Trinajstić information content (AvgIpc) is 3.10. The van der Waals surface area contributed by atoms with Crippen molar-refractivity contribution in [2.45, 2.75) is 12.5 Å². The first-order chi connectivity index (χ1) is 13.7. The van der Waals surface area contributed by atoms with Gasteiger partial charge in [-0.15, -0.1) is 0 Å². The lowest BCUT2D eigenvalue weighted by Crippen LogP contribution is -2.50. The zero-order valence-electron chi connectivity index (χ0n) is 15.8. The second-order valence-corrected chi connectivity index (χ2v) is 7.34. The summed E-state index contributed by atoms with van der Waals surface area (Å²) in [4.78, 5) is 35.7. The number of nitrogens with zero attached hydrogens (tertiary/aromatic N) is 7. The smallest absolute Gasteiger partial charge is 0.236 e. The molecule has 4 heterocycles. The SMILES string of the molecule is O=C(CN1CCN(c2ncccn2)CC1)N1C[C@@H](Cc2cnccn2)[C@H](O)C1. The standard InChI is InChI=1S/C19H25N7O2/c27-17-13-26(12-15(17)10-16-11-20-4-5-21-16)18(28)14-24-6-8-25(9-7-24)19-22-2-1-3-23-19/h1-5,11,15,17,27H,6-10,12-14H2/t15-,17-/m1/s1. The number of β-amino-alcohol motifs (C(OH)–C–C–N with tert-alkyl or cyclic N) is 1. The van der Waals surface area contributed by atoms with E-state index < -0.39 is 6.10 Å². The Morgan fingerprint density at radius 3 is 2.54 bits per heavy atom. The van der Waals surface area contributed by atoms with E-state index in [0.717, 1.165) is 37.8 Å². The molecule has 2 aromatic heterocycles. The van der Waals surface area contributed by atoms with Crippen LogP contribution in [0.3, 0.4) is 0 Å². The minimum Gasteiger partial charge on any atom is -0.391 e. The molecule has 9 heteroatoms. The molecule has 2 aliphatic rings. The number of amides is 1. The Kier molecular flexibility index (Phi) is 5.73. The van der Waals surface area contributed by atoms with Gasteiger partial charge in [-0.1, -0.05) is 0 Å².